The smallest absolute Gasteiger partial charge is 0.0522 e. The Labute approximate surface area is 91.1 Å². The highest BCUT2D eigenvalue weighted by atomic mass is 14.9. The van der Waals surface area contributed by atoms with E-state index in [2.05, 4.69) is 54.5 Å². The molecule has 80 valence electrons. The number of aromatic nitrogens is 1. The van der Waals surface area contributed by atoms with Crippen molar-refractivity contribution >= 4 is 6.08 Å². The molecular weight excluding hydrogens is 184 g/mol. The van der Waals surface area contributed by atoms with Crippen LogP contribution in [0, 0.1) is 0 Å². The standard InChI is InChI=1S/C13H18N2/c1-10-4-7-13(2,14-3)8-5-12-11(10)6-9-15-12/h4-10,14-15H,1-3H3/b7-4-,8-5-. The van der Waals surface area contributed by atoms with Gasteiger partial charge in [-0.3, -0.25) is 0 Å². The number of hydrogen-bond acceptors (Lipinski definition) is 1. The minimum absolute atomic E-state index is 0.0446. The third-order valence-electron chi connectivity index (χ3n) is 3.17. The maximum Gasteiger partial charge on any atom is 0.0522 e. The summed E-state index contributed by atoms with van der Waals surface area (Å²) in [4.78, 5) is 3.27. The van der Waals surface area contributed by atoms with Gasteiger partial charge in [0.05, 0.1) is 5.54 Å². The fourth-order valence-electron chi connectivity index (χ4n) is 1.86. The van der Waals surface area contributed by atoms with Crippen LogP contribution in [-0.2, 0) is 0 Å². The predicted molar refractivity (Wildman–Crippen MR) is 64.8 cm³/mol. The molecule has 1 aromatic rings. The lowest BCUT2D eigenvalue weighted by Gasteiger charge is -2.23. The third kappa shape index (κ3) is 1.90. The van der Waals surface area contributed by atoms with Crippen molar-refractivity contribution < 1.29 is 0 Å². The van der Waals surface area contributed by atoms with Gasteiger partial charge in [-0.25, -0.2) is 0 Å². The first-order valence-electron chi connectivity index (χ1n) is 5.39. The molecule has 2 rings (SSSR count). The van der Waals surface area contributed by atoms with Gasteiger partial charge in [0, 0.05) is 17.8 Å². The number of aromatic amines is 1. The van der Waals surface area contributed by atoms with Gasteiger partial charge < -0.3 is 10.3 Å². The molecular formula is C13H18N2. The molecule has 0 aliphatic heterocycles. The predicted octanol–water partition coefficient (Wildman–Crippen LogP) is 2.68. The Hall–Kier alpha value is -1.28. The largest absolute Gasteiger partial charge is 0.361 e. The lowest BCUT2D eigenvalue weighted by atomic mass is 9.92. The van der Waals surface area contributed by atoms with Crippen molar-refractivity contribution in [3.63, 3.8) is 0 Å². The summed E-state index contributed by atoms with van der Waals surface area (Å²) < 4.78 is 0. The number of allylic oxidation sites excluding steroid dienone is 1. The molecule has 15 heavy (non-hydrogen) atoms. The molecule has 1 aliphatic rings. The van der Waals surface area contributed by atoms with Gasteiger partial charge in [-0.05, 0) is 31.7 Å². The molecule has 0 bridgehead atoms. The fourth-order valence-corrected chi connectivity index (χ4v) is 1.86. The number of nitrogens with one attached hydrogen (secondary N) is 2. The van der Waals surface area contributed by atoms with Crippen molar-refractivity contribution in [3.05, 3.63) is 41.7 Å². The highest BCUT2D eigenvalue weighted by Crippen LogP contribution is 2.26. The Kier molecular flexibility index (Phi) is 2.53. The zero-order chi connectivity index (χ0) is 10.9. The van der Waals surface area contributed by atoms with E-state index in [1.807, 2.05) is 13.2 Å². The quantitative estimate of drug-likeness (QED) is 0.673. The normalized spacial score (nSPS) is 33.9. The number of H-pyrrole nitrogens is 1. The van der Waals surface area contributed by atoms with Gasteiger partial charge in [-0.1, -0.05) is 25.2 Å². The van der Waals surface area contributed by atoms with Crippen molar-refractivity contribution in [3.8, 4) is 0 Å². The van der Waals surface area contributed by atoms with E-state index < -0.39 is 0 Å². The number of fused-ring (bicyclic) bond motifs is 1. The summed E-state index contributed by atoms with van der Waals surface area (Å²) in [5.41, 5.74) is 2.53. The summed E-state index contributed by atoms with van der Waals surface area (Å²) in [6, 6.07) is 2.15. The summed E-state index contributed by atoms with van der Waals surface area (Å²) in [5.74, 6) is 0.462. The second kappa shape index (κ2) is 3.70. The molecule has 0 aromatic carbocycles. The monoisotopic (exact) mass is 202 g/mol. The molecule has 1 aliphatic carbocycles. The van der Waals surface area contributed by atoms with E-state index in [0.29, 0.717) is 5.92 Å². The second-order valence-corrected chi connectivity index (χ2v) is 4.36. The lowest BCUT2D eigenvalue weighted by molar-refractivity contribution is 0.586. The summed E-state index contributed by atoms with van der Waals surface area (Å²) in [6.45, 7) is 4.39. The van der Waals surface area contributed by atoms with Gasteiger partial charge in [0.1, 0.15) is 0 Å². The van der Waals surface area contributed by atoms with E-state index in [9.17, 15) is 0 Å². The van der Waals surface area contributed by atoms with Crippen LogP contribution in [0.4, 0.5) is 0 Å². The minimum atomic E-state index is -0.0446. The van der Waals surface area contributed by atoms with E-state index in [1.165, 1.54) is 11.3 Å². The SMILES string of the molecule is CNC1(C)/C=C\c2[nH]ccc2C(C)/C=C\1. The molecule has 1 heterocycles. The van der Waals surface area contributed by atoms with Gasteiger partial charge in [-0.2, -0.15) is 0 Å². The molecule has 2 atom stereocenters. The molecule has 0 amide bonds. The Morgan fingerprint density at radius 2 is 2.20 bits per heavy atom. The average Bonchev–Trinajstić information content (AvgIpc) is 2.69. The van der Waals surface area contributed by atoms with Crippen LogP contribution in [0.2, 0.25) is 0 Å². The van der Waals surface area contributed by atoms with Crippen LogP contribution >= 0.6 is 0 Å². The van der Waals surface area contributed by atoms with Crippen molar-refractivity contribution in [2.24, 2.45) is 0 Å². The second-order valence-electron chi connectivity index (χ2n) is 4.36. The molecule has 0 saturated heterocycles. The van der Waals surface area contributed by atoms with Gasteiger partial charge in [0.25, 0.3) is 0 Å². The maximum absolute atomic E-state index is 3.30. The van der Waals surface area contributed by atoms with Crippen LogP contribution in [0.1, 0.15) is 31.0 Å². The van der Waals surface area contributed by atoms with Crippen LogP contribution < -0.4 is 5.32 Å². The van der Waals surface area contributed by atoms with Crippen molar-refractivity contribution in [1.29, 1.82) is 0 Å². The summed E-state index contributed by atoms with van der Waals surface area (Å²) >= 11 is 0. The van der Waals surface area contributed by atoms with E-state index in [0.717, 1.165) is 0 Å². The first-order valence-corrected chi connectivity index (χ1v) is 5.39. The molecule has 2 heteroatoms. The van der Waals surface area contributed by atoms with Crippen LogP contribution in [0.3, 0.4) is 0 Å². The topological polar surface area (TPSA) is 27.8 Å². The lowest BCUT2D eigenvalue weighted by Crippen LogP contribution is -2.35. The van der Waals surface area contributed by atoms with Crippen LogP contribution in [0.25, 0.3) is 6.08 Å². The van der Waals surface area contributed by atoms with Crippen molar-refractivity contribution in [2.45, 2.75) is 25.3 Å². The highest BCUT2D eigenvalue weighted by Gasteiger charge is 2.18. The van der Waals surface area contributed by atoms with E-state index in [1.54, 1.807) is 0 Å². The van der Waals surface area contributed by atoms with E-state index in [-0.39, 0.29) is 5.54 Å². The molecule has 2 nitrogen and oxygen atoms in total. The van der Waals surface area contributed by atoms with Crippen molar-refractivity contribution in [1.82, 2.24) is 10.3 Å². The Balaban J connectivity index is 2.45. The number of rotatable bonds is 1. The van der Waals surface area contributed by atoms with Gasteiger partial charge in [0.15, 0.2) is 0 Å². The zero-order valence-electron chi connectivity index (χ0n) is 9.54. The van der Waals surface area contributed by atoms with E-state index >= 15 is 0 Å². The Bertz CT molecular complexity index is 400. The molecule has 1 aromatic heterocycles. The third-order valence-corrected chi connectivity index (χ3v) is 3.17. The van der Waals surface area contributed by atoms with Crippen LogP contribution in [0.15, 0.2) is 30.5 Å². The molecule has 0 spiro atoms. The zero-order valence-corrected chi connectivity index (χ0v) is 9.54. The number of likely N-dealkylation sites (N-methyl/N-ethyl adjacent to an activating group) is 1. The molecule has 0 radical (unpaired) electrons. The first-order chi connectivity index (χ1) is 7.14. The van der Waals surface area contributed by atoms with E-state index in [4.69, 9.17) is 0 Å². The van der Waals surface area contributed by atoms with Crippen molar-refractivity contribution in [2.75, 3.05) is 7.05 Å². The average molecular weight is 202 g/mol. The molecule has 0 saturated carbocycles. The van der Waals surface area contributed by atoms with Gasteiger partial charge in [0.2, 0.25) is 0 Å². The fraction of sp³-hybridized carbons (Fsp3) is 0.385. The number of hydrogen-bond donors (Lipinski definition) is 2. The van der Waals surface area contributed by atoms with Gasteiger partial charge >= 0.3 is 0 Å². The first kappa shape index (κ1) is 10.2. The van der Waals surface area contributed by atoms with Crippen LogP contribution in [0.5, 0.6) is 0 Å². The summed E-state index contributed by atoms with van der Waals surface area (Å²) in [5, 5.41) is 3.30. The summed E-state index contributed by atoms with van der Waals surface area (Å²) in [6.07, 6.45) is 10.8. The Morgan fingerprint density at radius 3 is 2.93 bits per heavy atom. The molecule has 2 N–H and O–H groups in total. The highest BCUT2D eigenvalue weighted by molar-refractivity contribution is 5.55. The summed E-state index contributed by atoms with van der Waals surface area (Å²) in [7, 11) is 1.98. The van der Waals surface area contributed by atoms with Gasteiger partial charge in [-0.15, -0.1) is 0 Å². The van der Waals surface area contributed by atoms with Crippen LogP contribution in [-0.4, -0.2) is 17.6 Å². The maximum atomic E-state index is 3.30. The minimum Gasteiger partial charge on any atom is -0.361 e. The molecule has 2 unspecified atom stereocenters. The molecule has 0 fully saturated rings. The Morgan fingerprint density at radius 1 is 1.40 bits per heavy atom.